The van der Waals surface area contributed by atoms with Crippen molar-refractivity contribution in [2.45, 2.75) is 13.0 Å². The number of carbonyl (C=O) groups is 1. The Morgan fingerprint density at radius 2 is 1.38 bits per heavy atom. The van der Waals surface area contributed by atoms with Gasteiger partial charge in [-0.25, -0.2) is 0 Å². The van der Waals surface area contributed by atoms with Gasteiger partial charge in [-0.2, -0.15) is 0 Å². The molecule has 3 aromatic carbocycles. The number of benzene rings is 3. The van der Waals surface area contributed by atoms with Crippen molar-refractivity contribution in [1.82, 2.24) is 9.80 Å². The lowest BCUT2D eigenvalue weighted by molar-refractivity contribution is 0.0597. The van der Waals surface area contributed by atoms with Gasteiger partial charge in [-0.15, -0.1) is 0 Å². The first-order chi connectivity index (χ1) is 14.1. The molecular weight excluding hydrogens is 380 g/mol. The molecular formula is C25H25ClN2O. The van der Waals surface area contributed by atoms with Gasteiger partial charge in [0.15, 0.2) is 0 Å². The first-order valence-electron chi connectivity index (χ1n) is 10.0. The topological polar surface area (TPSA) is 23.6 Å². The molecule has 148 valence electrons. The third-order valence-corrected chi connectivity index (χ3v) is 5.82. The molecule has 0 saturated carbocycles. The molecule has 1 aliphatic rings. The Kier molecular flexibility index (Phi) is 5.98. The summed E-state index contributed by atoms with van der Waals surface area (Å²) in [5.74, 6) is 0.118. The second-order valence-corrected chi connectivity index (χ2v) is 8.00. The Bertz CT molecular complexity index is 946. The lowest BCUT2D eigenvalue weighted by Crippen LogP contribution is -2.49. The van der Waals surface area contributed by atoms with Crippen LogP contribution in [0.4, 0.5) is 0 Å². The van der Waals surface area contributed by atoms with Crippen molar-refractivity contribution in [1.29, 1.82) is 0 Å². The maximum absolute atomic E-state index is 12.9. The third-order valence-electron chi connectivity index (χ3n) is 5.57. The van der Waals surface area contributed by atoms with Gasteiger partial charge in [0.05, 0.1) is 6.04 Å². The Labute approximate surface area is 177 Å². The summed E-state index contributed by atoms with van der Waals surface area (Å²) >= 11 is 6.11. The summed E-state index contributed by atoms with van der Waals surface area (Å²) in [6.07, 6.45) is 0. The summed E-state index contributed by atoms with van der Waals surface area (Å²) in [6, 6.07) is 26.6. The van der Waals surface area contributed by atoms with E-state index in [1.165, 1.54) is 16.7 Å². The SMILES string of the molecule is Cc1ccc(C(=O)N2CCN([C@@H](c3ccccc3)c3ccc(Cl)cc3)CC2)cc1. The molecule has 0 radical (unpaired) electrons. The van der Waals surface area contributed by atoms with Crippen molar-refractivity contribution < 1.29 is 4.79 Å². The van der Waals surface area contributed by atoms with Crippen LogP contribution in [-0.4, -0.2) is 41.9 Å². The van der Waals surface area contributed by atoms with E-state index in [9.17, 15) is 4.79 Å². The molecule has 1 atom stereocenters. The molecule has 0 N–H and O–H groups in total. The Morgan fingerprint density at radius 3 is 2.00 bits per heavy atom. The highest BCUT2D eigenvalue weighted by Gasteiger charge is 2.28. The fourth-order valence-electron chi connectivity index (χ4n) is 3.96. The molecule has 0 aromatic heterocycles. The average Bonchev–Trinajstić information content (AvgIpc) is 2.77. The first kappa shape index (κ1) is 19.7. The Morgan fingerprint density at radius 1 is 0.793 bits per heavy atom. The molecule has 0 spiro atoms. The highest BCUT2D eigenvalue weighted by molar-refractivity contribution is 6.30. The molecule has 29 heavy (non-hydrogen) atoms. The zero-order valence-corrected chi connectivity index (χ0v) is 17.3. The van der Waals surface area contributed by atoms with Crippen LogP contribution in [0, 0.1) is 6.92 Å². The highest BCUT2D eigenvalue weighted by atomic mass is 35.5. The van der Waals surface area contributed by atoms with Gasteiger partial charge < -0.3 is 4.90 Å². The third kappa shape index (κ3) is 4.52. The number of piperazine rings is 1. The molecule has 0 aliphatic carbocycles. The number of hydrogen-bond donors (Lipinski definition) is 0. The molecule has 1 fully saturated rings. The number of amides is 1. The monoisotopic (exact) mass is 404 g/mol. The molecule has 1 saturated heterocycles. The van der Waals surface area contributed by atoms with E-state index in [2.05, 4.69) is 41.3 Å². The van der Waals surface area contributed by atoms with E-state index in [0.29, 0.717) is 0 Å². The summed E-state index contributed by atoms with van der Waals surface area (Å²) in [7, 11) is 0. The number of hydrogen-bond acceptors (Lipinski definition) is 2. The van der Waals surface area contributed by atoms with Crippen LogP contribution in [0.2, 0.25) is 5.02 Å². The van der Waals surface area contributed by atoms with Gasteiger partial charge in [-0.05, 0) is 42.3 Å². The van der Waals surface area contributed by atoms with Crippen LogP contribution < -0.4 is 0 Å². The molecule has 1 amide bonds. The normalized spacial score (nSPS) is 15.9. The van der Waals surface area contributed by atoms with E-state index >= 15 is 0 Å². The van der Waals surface area contributed by atoms with Gasteiger partial charge in [0, 0.05) is 36.8 Å². The summed E-state index contributed by atoms with van der Waals surface area (Å²) in [5.41, 5.74) is 4.41. The van der Waals surface area contributed by atoms with Crippen molar-refractivity contribution in [2.75, 3.05) is 26.2 Å². The predicted molar refractivity (Wildman–Crippen MR) is 118 cm³/mol. The molecule has 3 nitrogen and oxygen atoms in total. The summed E-state index contributed by atoms with van der Waals surface area (Å²) in [4.78, 5) is 17.3. The van der Waals surface area contributed by atoms with Crippen LogP contribution in [0.1, 0.15) is 33.1 Å². The molecule has 0 bridgehead atoms. The van der Waals surface area contributed by atoms with Gasteiger partial charge in [0.25, 0.3) is 5.91 Å². The van der Waals surface area contributed by atoms with Crippen molar-refractivity contribution in [3.05, 3.63) is 106 Å². The fourth-order valence-corrected chi connectivity index (χ4v) is 4.08. The number of aryl methyl sites for hydroxylation is 1. The van der Waals surface area contributed by atoms with E-state index in [1.807, 2.05) is 54.3 Å². The second-order valence-electron chi connectivity index (χ2n) is 7.56. The van der Waals surface area contributed by atoms with Gasteiger partial charge in [-0.1, -0.05) is 71.8 Å². The average molecular weight is 405 g/mol. The van der Waals surface area contributed by atoms with Crippen molar-refractivity contribution in [3.8, 4) is 0 Å². The smallest absolute Gasteiger partial charge is 0.253 e. The quantitative estimate of drug-likeness (QED) is 0.597. The van der Waals surface area contributed by atoms with Gasteiger partial charge in [0.2, 0.25) is 0 Å². The summed E-state index contributed by atoms with van der Waals surface area (Å²) in [5, 5.41) is 0.745. The zero-order chi connectivity index (χ0) is 20.2. The van der Waals surface area contributed by atoms with Gasteiger partial charge in [-0.3, -0.25) is 9.69 Å². The van der Waals surface area contributed by atoms with Crippen molar-refractivity contribution in [2.24, 2.45) is 0 Å². The van der Waals surface area contributed by atoms with Crippen molar-refractivity contribution >= 4 is 17.5 Å². The van der Waals surface area contributed by atoms with E-state index in [1.54, 1.807) is 0 Å². The minimum Gasteiger partial charge on any atom is -0.336 e. The standard InChI is InChI=1S/C25H25ClN2O/c1-19-7-9-22(10-8-19)25(29)28-17-15-27(16-18-28)24(20-5-3-2-4-6-20)21-11-13-23(26)14-12-21/h2-14,24H,15-18H2,1H3/t24-/m0/s1. The van der Waals surface area contributed by atoms with Crippen LogP contribution in [-0.2, 0) is 0 Å². The zero-order valence-electron chi connectivity index (χ0n) is 16.6. The van der Waals surface area contributed by atoms with Crippen LogP contribution >= 0.6 is 11.6 Å². The van der Waals surface area contributed by atoms with Crippen LogP contribution in [0.25, 0.3) is 0 Å². The van der Waals surface area contributed by atoms with Crippen LogP contribution in [0.3, 0.4) is 0 Å². The number of halogens is 1. The number of nitrogens with zero attached hydrogens (tertiary/aromatic N) is 2. The van der Waals surface area contributed by atoms with E-state index < -0.39 is 0 Å². The minimum atomic E-state index is 0.118. The van der Waals surface area contributed by atoms with Crippen LogP contribution in [0.5, 0.6) is 0 Å². The largest absolute Gasteiger partial charge is 0.336 e. The van der Waals surface area contributed by atoms with Gasteiger partial charge >= 0.3 is 0 Å². The highest BCUT2D eigenvalue weighted by Crippen LogP contribution is 2.30. The summed E-state index contributed by atoms with van der Waals surface area (Å²) in [6.45, 7) is 5.15. The maximum atomic E-state index is 12.9. The number of carbonyl (C=O) groups excluding carboxylic acids is 1. The van der Waals surface area contributed by atoms with E-state index in [4.69, 9.17) is 11.6 Å². The number of rotatable bonds is 4. The Balaban J connectivity index is 1.51. The minimum absolute atomic E-state index is 0.118. The van der Waals surface area contributed by atoms with Crippen LogP contribution in [0.15, 0.2) is 78.9 Å². The molecule has 1 aliphatic heterocycles. The molecule has 4 heteroatoms. The second kappa shape index (κ2) is 8.81. The fraction of sp³-hybridized carbons (Fsp3) is 0.240. The molecule has 0 unspecified atom stereocenters. The molecule has 3 aromatic rings. The lowest BCUT2D eigenvalue weighted by atomic mass is 9.96. The first-order valence-corrected chi connectivity index (χ1v) is 10.4. The predicted octanol–water partition coefficient (Wildman–Crippen LogP) is 5.20. The maximum Gasteiger partial charge on any atom is 0.253 e. The lowest BCUT2D eigenvalue weighted by Gasteiger charge is -2.39. The van der Waals surface area contributed by atoms with E-state index in [0.717, 1.165) is 36.8 Å². The van der Waals surface area contributed by atoms with Crippen molar-refractivity contribution in [3.63, 3.8) is 0 Å². The Hall–Kier alpha value is -2.62. The van der Waals surface area contributed by atoms with Gasteiger partial charge in [0.1, 0.15) is 0 Å². The molecule has 1 heterocycles. The summed E-state index contributed by atoms with van der Waals surface area (Å²) < 4.78 is 0. The van der Waals surface area contributed by atoms with E-state index in [-0.39, 0.29) is 11.9 Å². The molecule has 4 rings (SSSR count).